The van der Waals surface area contributed by atoms with Crippen molar-refractivity contribution in [3.63, 3.8) is 0 Å². The van der Waals surface area contributed by atoms with Gasteiger partial charge in [-0.1, -0.05) is 0 Å². The van der Waals surface area contributed by atoms with E-state index in [1.807, 2.05) is 4.90 Å². The highest BCUT2D eigenvalue weighted by atomic mass is 16.5. The van der Waals surface area contributed by atoms with E-state index in [0.29, 0.717) is 19.6 Å². The molecule has 0 radical (unpaired) electrons. The monoisotopic (exact) mass is 291 g/mol. The van der Waals surface area contributed by atoms with E-state index in [2.05, 4.69) is 14.9 Å². The lowest BCUT2D eigenvalue weighted by Crippen LogP contribution is -2.51. The molecule has 0 bridgehead atoms. The molecule has 7 nitrogen and oxygen atoms in total. The second-order valence-corrected chi connectivity index (χ2v) is 5.44. The highest BCUT2D eigenvalue weighted by Gasteiger charge is 2.34. The van der Waals surface area contributed by atoms with Gasteiger partial charge >= 0.3 is 0 Å². The summed E-state index contributed by atoms with van der Waals surface area (Å²) in [5.41, 5.74) is 5.59. The number of aromatic nitrogens is 2. The molecule has 2 unspecified atom stereocenters. The Morgan fingerprint density at radius 3 is 2.71 bits per heavy atom. The summed E-state index contributed by atoms with van der Waals surface area (Å²) in [6.45, 7) is 3.43. The lowest BCUT2D eigenvalue weighted by molar-refractivity contribution is -0.143. The number of piperazine rings is 1. The van der Waals surface area contributed by atoms with E-state index in [9.17, 15) is 4.79 Å². The number of hydrogen-bond donors (Lipinski definition) is 1. The van der Waals surface area contributed by atoms with Crippen LogP contribution >= 0.6 is 0 Å². The summed E-state index contributed by atoms with van der Waals surface area (Å²) in [6.07, 6.45) is 6.50. The van der Waals surface area contributed by atoms with Crippen LogP contribution in [0.5, 0.6) is 0 Å². The molecule has 3 rings (SSSR count). The molecule has 0 aliphatic carbocycles. The summed E-state index contributed by atoms with van der Waals surface area (Å²) in [5, 5.41) is 0. The predicted octanol–water partition coefficient (Wildman–Crippen LogP) is -0.368. The summed E-state index contributed by atoms with van der Waals surface area (Å²) in [5.74, 6) is 0.967. The summed E-state index contributed by atoms with van der Waals surface area (Å²) in [6, 6.07) is 0. The third kappa shape index (κ3) is 3.14. The van der Waals surface area contributed by atoms with E-state index < -0.39 is 0 Å². The van der Waals surface area contributed by atoms with Crippen LogP contribution in [-0.2, 0) is 9.53 Å². The molecule has 3 heterocycles. The molecule has 0 spiro atoms. The maximum Gasteiger partial charge on any atom is 0.251 e. The highest BCUT2D eigenvalue weighted by Crippen LogP contribution is 2.21. The summed E-state index contributed by atoms with van der Waals surface area (Å²) in [7, 11) is 0. The van der Waals surface area contributed by atoms with Gasteiger partial charge in [0.1, 0.15) is 11.9 Å². The van der Waals surface area contributed by atoms with Crippen LogP contribution in [0.2, 0.25) is 0 Å². The molecule has 2 N–H and O–H groups in total. The van der Waals surface area contributed by atoms with Gasteiger partial charge in [-0.05, 0) is 12.8 Å². The van der Waals surface area contributed by atoms with Crippen LogP contribution < -0.4 is 10.6 Å². The Kier molecular flexibility index (Phi) is 4.31. The van der Waals surface area contributed by atoms with Crippen molar-refractivity contribution in [2.24, 2.45) is 5.73 Å². The van der Waals surface area contributed by atoms with Crippen LogP contribution in [-0.4, -0.2) is 65.7 Å². The van der Waals surface area contributed by atoms with Gasteiger partial charge in [0.2, 0.25) is 0 Å². The first-order valence-corrected chi connectivity index (χ1v) is 7.43. The summed E-state index contributed by atoms with van der Waals surface area (Å²) >= 11 is 0. The molecule has 2 atom stereocenters. The normalized spacial score (nSPS) is 26.1. The number of nitrogens with two attached hydrogens (primary N) is 1. The molecular formula is C14H21N5O2. The first-order chi connectivity index (χ1) is 10.3. The Labute approximate surface area is 124 Å². The maximum atomic E-state index is 12.4. The molecule has 2 aliphatic heterocycles. The number of carbonyl (C=O) groups is 1. The van der Waals surface area contributed by atoms with Gasteiger partial charge in [-0.15, -0.1) is 0 Å². The van der Waals surface area contributed by atoms with E-state index in [4.69, 9.17) is 10.5 Å². The van der Waals surface area contributed by atoms with Crippen molar-refractivity contribution in [3.05, 3.63) is 18.6 Å². The Hall–Kier alpha value is -1.73. The van der Waals surface area contributed by atoms with Crippen molar-refractivity contribution >= 4 is 11.7 Å². The fourth-order valence-corrected chi connectivity index (χ4v) is 2.87. The molecule has 7 heteroatoms. The van der Waals surface area contributed by atoms with E-state index in [-0.39, 0.29) is 18.1 Å². The lowest BCUT2D eigenvalue weighted by Gasteiger charge is -2.36. The first-order valence-electron chi connectivity index (χ1n) is 7.43. The molecule has 2 aliphatic rings. The van der Waals surface area contributed by atoms with Crippen molar-refractivity contribution in [3.8, 4) is 0 Å². The molecule has 2 saturated heterocycles. The number of carbonyl (C=O) groups excluding carboxylic acids is 1. The predicted molar refractivity (Wildman–Crippen MR) is 77.8 cm³/mol. The summed E-state index contributed by atoms with van der Waals surface area (Å²) in [4.78, 5) is 24.8. The van der Waals surface area contributed by atoms with Gasteiger partial charge in [0.15, 0.2) is 0 Å². The molecular weight excluding hydrogens is 270 g/mol. The van der Waals surface area contributed by atoms with Gasteiger partial charge in [0.05, 0.1) is 12.3 Å². The Bertz CT molecular complexity index is 476. The fourth-order valence-electron chi connectivity index (χ4n) is 2.87. The second kappa shape index (κ2) is 6.36. The van der Waals surface area contributed by atoms with Crippen LogP contribution in [0.4, 0.5) is 5.82 Å². The van der Waals surface area contributed by atoms with Gasteiger partial charge in [-0.25, -0.2) is 4.98 Å². The zero-order chi connectivity index (χ0) is 14.7. The molecule has 114 valence electrons. The largest absolute Gasteiger partial charge is 0.364 e. The molecule has 0 saturated carbocycles. The van der Waals surface area contributed by atoms with Crippen LogP contribution in [0.15, 0.2) is 18.6 Å². The Morgan fingerprint density at radius 2 is 2.10 bits per heavy atom. The molecule has 1 amide bonds. The molecule has 21 heavy (non-hydrogen) atoms. The third-order valence-electron chi connectivity index (χ3n) is 4.11. The van der Waals surface area contributed by atoms with E-state index >= 15 is 0 Å². The third-order valence-corrected chi connectivity index (χ3v) is 4.11. The van der Waals surface area contributed by atoms with Gasteiger partial charge in [-0.2, -0.15) is 0 Å². The van der Waals surface area contributed by atoms with Crippen molar-refractivity contribution < 1.29 is 9.53 Å². The van der Waals surface area contributed by atoms with Gasteiger partial charge in [0, 0.05) is 45.1 Å². The Morgan fingerprint density at radius 1 is 1.29 bits per heavy atom. The van der Waals surface area contributed by atoms with Crippen LogP contribution in [0, 0.1) is 0 Å². The minimum absolute atomic E-state index is 0.0415. The van der Waals surface area contributed by atoms with E-state index in [1.54, 1.807) is 18.6 Å². The SMILES string of the molecule is NCC1CCC(C(=O)N2CCN(c3cnccn3)CC2)O1. The van der Waals surface area contributed by atoms with E-state index in [0.717, 1.165) is 31.7 Å². The quantitative estimate of drug-likeness (QED) is 0.818. The smallest absolute Gasteiger partial charge is 0.251 e. The zero-order valence-electron chi connectivity index (χ0n) is 12.0. The first kappa shape index (κ1) is 14.2. The molecule has 1 aromatic heterocycles. The van der Waals surface area contributed by atoms with Crippen molar-refractivity contribution in [1.82, 2.24) is 14.9 Å². The lowest BCUT2D eigenvalue weighted by atomic mass is 10.1. The van der Waals surface area contributed by atoms with Gasteiger partial charge in [0.25, 0.3) is 5.91 Å². The van der Waals surface area contributed by atoms with Crippen molar-refractivity contribution in [1.29, 1.82) is 0 Å². The number of ether oxygens (including phenoxy) is 1. The second-order valence-electron chi connectivity index (χ2n) is 5.44. The van der Waals surface area contributed by atoms with Crippen LogP contribution in [0.25, 0.3) is 0 Å². The standard InChI is InChI=1S/C14H21N5O2/c15-9-11-1-2-12(21-11)14(20)19-7-5-18(6-8-19)13-10-16-3-4-17-13/h3-4,10-12H,1-2,5-9,15H2. The van der Waals surface area contributed by atoms with E-state index in [1.165, 1.54) is 0 Å². The van der Waals surface area contributed by atoms with Crippen molar-refractivity contribution in [2.75, 3.05) is 37.6 Å². The topological polar surface area (TPSA) is 84.6 Å². The molecule has 2 fully saturated rings. The van der Waals surface area contributed by atoms with Crippen LogP contribution in [0.3, 0.4) is 0 Å². The minimum Gasteiger partial charge on any atom is -0.364 e. The van der Waals surface area contributed by atoms with Gasteiger partial charge in [-0.3, -0.25) is 9.78 Å². The number of amides is 1. The number of rotatable bonds is 3. The molecule has 1 aromatic rings. The average molecular weight is 291 g/mol. The summed E-state index contributed by atoms with van der Waals surface area (Å²) < 4.78 is 5.68. The number of hydrogen-bond acceptors (Lipinski definition) is 6. The fraction of sp³-hybridized carbons (Fsp3) is 0.643. The highest BCUT2D eigenvalue weighted by molar-refractivity contribution is 5.81. The number of nitrogens with zero attached hydrogens (tertiary/aromatic N) is 4. The Balaban J connectivity index is 1.53. The van der Waals surface area contributed by atoms with Crippen LogP contribution in [0.1, 0.15) is 12.8 Å². The molecule has 0 aromatic carbocycles. The average Bonchev–Trinajstić information content (AvgIpc) is 3.04. The van der Waals surface area contributed by atoms with Crippen molar-refractivity contribution in [2.45, 2.75) is 25.0 Å². The zero-order valence-corrected chi connectivity index (χ0v) is 12.0. The number of anilines is 1. The minimum atomic E-state index is -0.304. The maximum absolute atomic E-state index is 12.4. The van der Waals surface area contributed by atoms with Gasteiger partial charge < -0.3 is 20.3 Å².